The van der Waals surface area contributed by atoms with Gasteiger partial charge in [-0.2, -0.15) is 0 Å². The average molecular weight is 143 g/mol. The lowest BCUT2D eigenvalue weighted by atomic mass is 10.1. The first kappa shape index (κ1) is 9.66. The van der Waals surface area contributed by atoms with Crippen LogP contribution in [-0.2, 0) is 0 Å². The van der Waals surface area contributed by atoms with Crippen LogP contribution in [0.4, 0.5) is 0 Å². The second-order valence-corrected chi connectivity index (χ2v) is 2.72. The number of aliphatic hydroxyl groups is 1. The molecule has 0 radical (unpaired) electrons. The molecule has 0 aromatic heterocycles. The number of hydrogen-bond acceptors (Lipinski definition) is 2. The van der Waals surface area contributed by atoms with Crippen molar-refractivity contribution in [1.29, 1.82) is 0 Å². The Kier molecular flexibility index (Phi) is 3.61. The van der Waals surface area contributed by atoms with Crippen molar-refractivity contribution in [2.24, 2.45) is 0 Å². The van der Waals surface area contributed by atoms with Gasteiger partial charge in [0, 0.05) is 6.42 Å². The van der Waals surface area contributed by atoms with Crippen molar-refractivity contribution < 1.29 is 5.11 Å². The molecule has 10 heavy (non-hydrogen) atoms. The summed E-state index contributed by atoms with van der Waals surface area (Å²) in [6.07, 6.45) is 3.09. The Balaban J connectivity index is 4.07. The van der Waals surface area contributed by atoms with Gasteiger partial charge in [-0.1, -0.05) is 13.0 Å². The van der Waals surface area contributed by atoms with E-state index in [4.69, 9.17) is 0 Å². The van der Waals surface area contributed by atoms with E-state index in [2.05, 4.69) is 6.58 Å². The smallest absolute Gasteiger partial charge is 0.121 e. The highest BCUT2D eigenvalue weighted by Crippen LogP contribution is 2.17. The van der Waals surface area contributed by atoms with Gasteiger partial charge in [0.25, 0.3) is 0 Å². The van der Waals surface area contributed by atoms with Crippen molar-refractivity contribution in [3.05, 3.63) is 12.7 Å². The lowest BCUT2D eigenvalue weighted by Crippen LogP contribution is -2.42. The van der Waals surface area contributed by atoms with Gasteiger partial charge in [0.15, 0.2) is 0 Å². The van der Waals surface area contributed by atoms with E-state index in [1.165, 1.54) is 0 Å². The van der Waals surface area contributed by atoms with Crippen molar-refractivity contribution in [2.75, 3.05) is 14.1 Å². The molecular weight excluding hydrogens is 126 g/mol. The maximum absolute atomic E-state index is 9.75. The third-order valence-electron chi connectivity index (χ3n) is 1.87. The van der Waals surface area contributed by atoms with Gasteiger partial charge >= 0.3 is 0 Å². The molecule has 0 aromatic carbocycles. The highest BCUT2D eigenvalue weighted by molar-refractivity contribution is 4.82. The van der Waals surface area contributed by atoms with E-state index in [1.54, 1.807) is 6.08 Å². The van der Waals surface area contributed by atoms with Crippen LogP contribution in [0.25, 0.3) is 0 Å². The summed E-state index contributed by atoms with van der Waals surface area (Å²) in [7, 11) is 3.74. The molecule has 2 heteroatoms. The van der Waals surface area contributed by atoms with Gasteiger partial charge in [0.05, 0.1) is 0 Å². The second kappa shape index (κ2) is 3.74. The molecule has 0 bridgehead atoms. The molecule has 0 saturated heterocycles. The highest BCUT2D eigenvalue weighted by Gasteiger charge is 2.24. The summed E-state index contributed by atoms with van der Waals surface area (Å²) >= 11 is 0. The summed E-state index contributed by atoms with van der Waals surface area (Å²) in [5, 5.41) is 9.75. The van der Waals surface area contributed by atoms with E-state index in [9.17, 15) is 5.11 Å². The number of hydrogen-bond donors (Lipinski definition) is 1. The summed E-state index contributed by atoms with van der Waals surface area (Å²) in [6, 6.07) is 0. The van der Waals surface area contributed by atoms with Crippen LogP contribution in [0.3, 0.4) is 0 Å². The molecule has 0 aromatic rings. The molecule has 0 heterocycles. The predicted molar refractivity (Wildman–Crippen MR) is 43.7 cm³/mol. The first-order valence-electron chi connectivity index (χ1n) is 3.57. The summed E-state index contributed by atoms with van der Waals surface area (Å²) in [4.78, 5) is 1.81. The topological polar surface area (TPSA) is 23.5 Å². The maximum atomic E-state index is 9.75. The van der Waals surface area contributed by atoms with Crippen LogP contribution in [0.1, 0.15) is 19.8 Å². The number of rotatable bonds is 4. The van der Waals surface area contributed by atoms with Gasteiger partial charge in [-0.25, -0.2) is 0 Å². The monoisotopic (exact) mass is 143 g/mol. The fourth-order valence-corrected chi connectivity index (χ4v) is 0.874. The normalized spacial score (nSPS) is 16.9. The van der Waals surface area contributed by atoms with Crippen LogP contribution in [0.5, 0.6) is 0 Å². The van der Waals surface area contributed by atoms with Crippen molar-refractivity contribution >= 4 is 0 Å². The maximum Gasteiger partial charge on any atom is 0.121 e. The predicted octanol–water partition coefficient (Wildman–Crippen LogP) is 1.22. The Bertz CT molecular complexity index is 112. The SMILES string of the molecule is C=CCC(O)(CC)N(C)C. The van der Waals surface area contributed by atoms with Crippen LogP contribution >= 0.6 is 0 Å². The lowest BCUT2D eigenvalue weighted by molar-refractivity contribution is -0.0820. The Morgan fingerprint density at radius 1 is 1.60 bits per heavy atom. The average Bonchev–Trinajstić information content (AvgIpc) is 1.88. The van der Waals surface area contributed by atoms with E-state index < -0.39 is 5.72 Å². The van der Waals surface area contributed by atoms with E-state index in [1.807, 2.05) is 25.9 Å². The third-order valence-corrected chi connectivity index (χ3v) is 1.87. The fraction of sp³-hybridized carbons (Fsp3) is 0.750. The minimum atomic E-state index is -0.693. The Morgan fingerprint density at radius 2 is 2.10 bits per heavy atom. The fourth-order valence-electron chi connectivity index (χ4n) is 0.874. The van der Waals surface area contributed by atoms with Gasteiger partial charge in [-0.3, -0.25) is 4.90 Å². The quantitative estimate of drug-likeness (QED) is 0.472. The molecule has 1 unspecified atom stereocenters. The van der Waals surface area contributed by atoms with Crippen LogP contribution in [0.15, 0.2) is 12.7 Å². The molecule has 0 aliphatic rings. The van der Waals surface area contributed by atoms with Gasteiger partial charge in [0.2, 0.25) is 0 Å². The van der Waals surface area contributed by atoms with E-state index in [0.717, 1.165) is 6.42 Å². The Labute approximate surface area is 63.2 Å². The van der Waals surface area contributed by atoms with Gasteiger partial charge in [-0.15, -0.1) is 6.58 Å². The van der Waals surface area contributed by atoms with E-state index in [0.29, 0.717) is 6.42 Å². The molecule has 0 saturated carbocycles. The van der Waals surface area contributed by atoms with Crippen LogP contribution in [0, 0.1) is 0 Å². The largest absolute Gasteiger partial charge is 0.375 e. The Morgan fingerprint density at radius 3 is 2.20 bits per heavy atom. The van der Waals surface area contributed by atoms with Gasteiger partial charge < -0.3 is 5.11 Å². The molecule has 1 N–H and O–H groups in total. The summed E-state index contributed by atoms with van der Waals surface area (Å²) in [5.74, 6) is 0. The van der Waals surface area contributed by atoms with Crippen molar-refractivity contribution in [1.82, 2.24) is 4.90 Å². The second-order valence-electron chi connectivity index (χ2n) is 2.72. The van der Waals surface area contributed by atoms with Crippen LogP contribution in [-0.4, -0.2) is 29.8 Å². The third kappa shape index (κ3) is 2.12. The van der Waals surface area contributed by atoms with E-state index in [-0.39, 0.29) is 0 Å². The minimum Gasteiger partial charge on any atom is -0.375 e. The lowest BCUT2D eigenvalue weighted by Gasteiger charge is -2.32. The highest BCUT2D eigenvalue weighted by atomic mass is 16.3. The first-order valence-corrected chi connectivity index (χ1v) is 3.57. The molecule has 2 nitrogen and oxygen atoms in total. The molecule has 0 aliphatic carbocycles. The van der Waals surface area contributed by atoms with Crippen LogP contribution in [0.2, 0.25) is 0 Å². The molecule has 1 atom stereocenters. The molecule has 0 aliphatic heterocycles. The standard InChI is InChI=1S/C8H17NO/c1-5-7-8(10,6-2)9(3)4/h5,10H,1,6-7H2,2-4H3. The molecular formula is C8H17NO. The Hall–Kier alpha value is -0.340. The van der Waals surface area contributed by atoms with Crippen LogP contribution < -0.4 is 0 Å². The minimum absolute atomic E-state index is 0.622. The zero-order chi connectivity index (χ0) is 8.20. The van der Waals surface area contributed by atoms with Crippen molar-refractivity contribution in [2.45, 2.75) is 25.5 Å². The van der Waals surface area contributed by atoms with E-state index >= 15 is 0 Å². The molecule has 0 amide bonds. The zero-order valence-electron chi connectivity index (χ0n) is 7.09. The zero-order valence-corrected chi connectivity index (χ0v) is 7.09. The molecule has 0 spiro atoms. The van der Waals surface area contributed by atoms with Gasteiger partial charge in [0.1, 0.15) is 5.72 Å². The summed E-state index contributed by atoms with van der Waals surface area (Å²) in [5.41, 5.74) is -0.693. The summed E-state index contributed by atoms with van der Waals surface area (Å²) in [6.45, 7) is 5.55. The van der Waals surface area contributed by atoms with Gasteiger partial charge in [-0.05, 0) is 20.5 Å². The molecule has 60 valence electrons. The van der Waals surface area contributed by atoms with Crippen molar-refractivity contribution in [3.8, 4) is 0 Å². The molecule has 0 rings (SSSR count). The summed E-state index contributed by atoms with van der Waals surface area (Å²) < 4.78 is 0. The number of nitrogens with zero attached hydrogens (tertiary/aromatic N) is 1. The van der Waals surface area contributed by atoms with Crippen molar-refractivity contribution in [3.63, 3.8) is 0 Å². The first-order chi connectivity index (χ1) is 4.56. The molecule has 0 fully saturated rings.